The molecule has 1 aromatic carbocycles. The fraction of sp³-hybridized carbons (Fsp3) is 0.417. The van der Waals surface area contributed by atoms with E-state index in [1.165, 1.54) is 7.11 Å². The molecule has 5 heteroatoms. The van der Waals surface area contributed by atoms with E-state index < -0.39 is 12.0 Å². The molecule has 0 fully saturated rings. The molecule has 4 nitrogen and oxygen atoms in total. The highest BCUT2D eigenvalue weighted by molar-refractivity contribution is 6.30. The van der Waals surface area contributed by atoms with Gasteiger partial charge in [0, 0.05) is 11.4 Å². The third-order valence-electron chi connectivity index (χ3n) is 2.46. The first kappa shape index (κ1) is 13.8. The van der Waals surface area contributed by atoms with Crippen LogP contribution in [-0.4, -0.2) is 26.2 Å². The van der Waals surface area contributed by atoms with E-state index in [-0.39, 0.29) is 0 Å². The number of halogens is 1. The zero-order chi connectivity index (χ0) is 13.0. The van der Waals surface area contributed by atoms with E-state index in [0.29, 0.717) is 17.2 Å². The van der Waals surface area contributed by atoms with E-state index in [0.717, 1.165) is 11.1 Å². The number of nitrogens with two attached hydrogens (primary N) is 1. The summed E-state index contributed by atoms with van der Waals surface area (Å²) < 4.78 is 9.86. The fourth-order valence-electron chi connectivity index (χ4n) is 1.71. The highest BCUT2D eigenvalue weighted by atomic mass is 35.5. The normalized spacial score (nSPS) is 12.1. The molecule has 1 atom stereocenters. The van der Waals surface area contributed by atoms with Gasteiger partial charge in [0.15, 0.2) is 0 Å². The molecule has 0 aromatic heterocycles. The molecular formula is C12H16ClNO3. The van der Waals surface area contributed by atoms with Gasteiger partial charge >= 0.3 is 5.97 Å². The summed E-state index contributed by atoms with van der Waals surface area (Å²) in [4.78, 5) is 11.3. The Labute approximate surface area is 106 Å². The topological polar surface area (TPSA) is 61.5 Å². The molecule has 0 aliphatic rings. The lowest BCUT2D eigenvalue weighted by atomic mass is 10.0. The van der Waals surface area contributed by atoms with Gasteiger partial charge < -0.3 is 15.2 Å². The molecular weight excluding hydrogens is 242 g/mol. The lowest BCUT2D eigenvalue weighted by molar-refractivity contribution is -0.142. The maximum absolute atomic E-state index is 11.3. The van der Waals surface area contributed by atoms with Crippen molar-refractivity contribution in [2.24, 2.45) is 5.73 Å². The number of carbonyl (C=O) groups is 1. The number of esters is 1. The Hall–Kier alpha value is -1.26. The van der Waals surface area contributed by atoms with Crippen molar-refractivity contribution in [3.05, 3.63) is 28.3 Å². The first-order valence-corrected chi connectivity index (χ1v) is 5.53. The molecule has 17 heavy (non-hydrogen) atoms. The van der Waals surface area contributed by atoms with Gasteiger partial charge in [-0.3, -0.25) is 4.79 Å². The van der Waals surface area contributed by atoms with Crippen LogP contribution >= 0.6 is 11.6 Å². The highest BCUT2D eigenvalue weighted by Gasteiger charge is 2.18. The molecule has 0 bridgehead atoms. The van der Waals surface area contributed by atoms with Crippen molar-refractivity contribution in [3.8, 4) is 5.75 Å². The predicted molar refractivity (Wildman–Crippen MR) is 66.4 cm³/mol. The number of hydrogen-bond donors (Lipinski definition) is 1. The van der Waals surface area contributed by atoms with Crippen LogP contribution in [0, 0.1) is 6.92 Å². The summed E-state index contributed by atoms with van der Waals surface area (Å²) in [5, 5.41) is 0.593. The highest BCUT2D eigenvalue weighted by Crippen LogP contribution is 2.28. The first-order chi connectivity index (χ1) is 7.99. The molecule has 0 amide bonds. The zero-order valence-electron chi connectivity index (χ0n) is 10.1. The quantitative estimate of drug-likeness (QED) is 0.834. The van der Waals surface area contributed by atoms with Gasteiger partial charge in [-0.15, -0.1) is 0 Å². The molecule has 94 valence electrons. The number of rotatable bonds is 4. The first-order valence-electron chi connectivity index (χ1n) is 5.16. The molecule has 1 unspecified atom stereocenters. The molecule has 0 saturated heterocycles. The third kappa shape index (κ3) is 3.35. The minimum Gasteiger partial charge on any atom is -0.496 e. The minimum atomic E-state index is -0.716. The van der Waals surface area contributed by atoms with Gasteiger partial charge in [0.1, 0.15) is 11.8 Å². The summed E-state index contributed by atoms with van der Waals surface area (Å²) in [7, 11) is 2.88. The summed E-state index contributed by atoms with van der Waals surface area (Å²) in [5.74, 6) is 0.249. The van der Waals surface area contributed by atoms with Crippen LogP contribution in [-0.2, 0) is 16.0 Å². The third-order valence-corrected chi connectivity index (χ3v) is 2.68. The molecule has 0 aliphatic heterocycles. The monoisotopic (exact) mass is 257 g/mol. The van der Waals surface area contributed by atoms with Crippen LogP contribution in [0.4, 0.5) is 0 Å². The van der Waals surface area contributed by atoms with Gasteiger partial charge in [-0.1, -0.05) is 11.6 Å². The number of ether oxygens (including phenoxy) is 2. The molecule has 0 heterocycles. The van der Waals surface area contributed by atoms with Gasteiger partial charge in [0.25, 0.3) is 0 Å². The van der Waals surface area contributed by atoms with Crippen molar-refractivity contribution < 1.29 is 14.3 Å². The summed E-state index contributed by atoms with van der Waals surface area (Å²) in [6.45, 7) is 1.89. The van der Waals surface area contributed by atoms with Crippen LogP contribution in [0.25, 0.3) is 0 Å². The maximum Gasteiger partial charge on any atom is 0.322 e. The molecule has 1 aromatic rings. The van der Waals surface area contributed by atoms with Crippen molar-refractivity contribution in [1.29, 1.82) is 0 Å². The number of hydrogen-bond acceptors (Lipinski definition) is 4. The van der Waals surface area contributed by atoms with Crippen molar-refractivity contribution in [1.82, 2.24) is 0 Å². The predicted octanol–water partition coefficient (Wildman–Crippen LogP) is 1.70. The number of carbonyl (C=O) groups excluding carboxylic acids is 1. The maximum atomic E-state index is 11.3. The summed E-state index contributed by atoms with van der Waals surface area (Å²) in [6, 6.07) is 2.83. The van der Waals surface area contributed by atoms with Crippen molar-refractivity contribution in [3.63, 3.8) is 0 Å². The number of benzene rings is 1. The van der Waals surface area contributed by atoms with Gasteiger partial charge in [-0.05, 0) is 30.2 Å². The van der Waals surface area contributed by atoms with Crippen molar-refractivity contribution in [2.45, 2.75) is 19.4 Å². The SMILES string of the molecule is COC(=O)C(N)Cc1cc(Cl)cc(C)c1OC. The second-order valence-corrected chi connectivity index (χ2v) is 4.19. The van der Waals surface area contributed by atoms with E-state index in [4.69, 9.17) is 22.1 Å². The summed E-state index contributed by atoms with van der Waals surface area (Å²) in [5.41, 5.74) is 7.42. The van der Waals surface area contributed by atoms with E-state index in [2.05, 4.69) is 4.74 Å². The molecule has 0 spiro atoms. The largest absolute Gasteiger partial charge is 0.496 e. The van der Waals surface area contributed by atoms with Gasteiger partial charge in [-0.2, -0.15) is 0 Å². The minimum absolute atomic E-state index is 0.331. The Bertz CT molecular complexity index is 420. The van der Waals surface area contributed by atoms with Crippen LogP contribution < -0.4 is 10.5 Å². The Morgan fingerprint density at radius 2 is 2.12 bits per heavy atom. The van der Waals surface area contributed by atoms with Crippen molar-refractivity contribution in [2.75, 3.05) is 14.2 Å². The summed E-state index contributed by atoms with van der Waals surface area (Å²) >= 11 is 5.96. The number of aryl methyl sites for hydroxylation is 1. The lowest BCUT2D eigenvalue weighted by Gasteiger charge is -2.14. The molecule has 1 rings (SSSR count). The summed E-state index contributed by atoms with van der Waals surface area (Å²) in [6.07, 6.45) is 0.331. The standard InChI is InChI=1S/C12H16ClNO3/c1-7-4-9(13)5-8(11(7)16-2)6-10(14)12(15)17-3/h4-5,10H,6,14H2,1-3H3. The van der Waals surface area contributed by atoms with Crippen LogP contribution in [0.3, 0.4) is 0 Å². The van der Waals surface area contributed by atoms with Gasteiger partial charge in [0.2, 0.25) is 0 Å². The second kappa shape index (κ2) is 5.89. The van der Waals surface area contributed by atoms with Crippen molar-refractivity contribution >= 4 is 17.6 Å². The molecule has 2 N–H and O–H groups in total. The molecule has 0 radical (unpaired) electrons. The van der Waals surface area contributed by atoms with Crippen LogP contribution in [0.1, 0.15) is 11.1 Å². The van der Waals surface area contributed by atoms with Gasteiger partial charge in [0.05, 0.1) is 14.2 Å². The van der Waals surface area contributed by atoms with Crippen LogP contribution in [0.15, 0.2) is 12.1 Å². The Balaban J connectivity index is 3.01. The second-order valence-electron chi connectivity index (χ2n) is 3.75. The molecule has 0 aliphatic carbocycles. The van der Waals surface area contributed by atoms with E-state index in [1.54, 1.807) is 19.2 Å². The van der Waals surface area contributed by atoms with E-state index >= 15 is 0 Å². The average Bonchev–Trinajstić information content (AvgIpc) is 2.27. The zero-order valence-corrected chi connectivity index (χ0v) is 10.9. The van der Waals surface area contributed by atoms with E-state index in [1.807, 2.05) is 6.92 Å². The fourth-order valence-corrected chi connectivity index (χ4v) is 2.01. The van der Waals surface area contributed by atoms with E-state index in [9.17, 15) is 4.79 Å². The average molecular weight is 258 g/mol. The number of methoxy groups -OCH3 is 2. The Morgan fingerprint density at radius 3 is 2.65 bits per heavy atom. The van der Waals surface area contributed by atoms with Gasteiger partial charge in [-0.25, -0.2) is 0 Å². The lowest BCUT2D eigenvalue weighted by Crippen LogP contribution is -2.33. The van der Waals surface area contributed by atoms with Crippen LogP contribution in [0.2, 0.25) is 5.02 Å². The Kier molecular flexibility index (Phi) is 4.78. The van der Waals surface area contributed by atoms with Crippen LogP contribution in [0.5, 0.6) is 5.75 Å². The Morgan fingerprint density at radius 1 is 1.47 bits per heavy atom. The molecule has 0 saturated carbocycles. The smallest absolute Gasteiger partial charge is 0.322 e.